The van der Waals surface area contributed by atoms with E-state index in [0.29, 0.717) is 29.0 Å². The van der Waals surface area contributed by atoms with E-state index >= 15 is 0 Å². The number of benzene rings is 2. The summed E-state index contributed by atoms with van der Waals surface area (Å²) < 4.78 is 5.88. The number of urea groups is 1. The van der Waals surface area contributed by atoms with Crippen LogP contribution in [0.1, 0.15) is 31.2 Å². The third kappa shape index (κ3) is 8.90. The normalized spacial score (nSPS) is 13.8. The van der Waals surface area contributed by atoms with E-state index in [2.05, 4.69) is 38.5 Å². The summed E-state index contributed by atoms with van der Waals surface area (Å²) in [4.78, 5) is 14.4. The number of nitrogens with one attached hydrogen (secondary N) is 4. The maximum atomic E-state index is 11.9. The highest BCUT2D eigenvalue weighted by molar-refractivity contribution is 7.80. The minimum Gasteiger partial charge on any atom is -0.494 e. The molecule has 0 saturated carbocycles. The van der Waals surface area contributed by atoms with Gasteiger partial charge in [-0.25, -0.2) is 10.2 Å². The minimum atomic E-state index is -0.427. The molecule has 1 fully saturated rings. The number of hydrogen-bond acceptors (Lipinski definition) is 4. The van der Waals surface area contributed by atoms with Crippen molar-refractivity contribution in [3.05, 3.63) is 59.1 Å². The second kappa shape index (κ2) is 13.1. The van der Waals surface area contributed by atoms with Gasteiger partial charge in [-0.05, 0) is 86.5 Å². The number of hydrazine groups is 1. The van der Waals surface area contributed by atoms with Crippen molar-refractivity contribution in [1.82, 2.24) is 21.1 Å². The van der Waals surface area contributed by atoms with Gasteiger partial charge in [0.25, 0.3) is 0 Å². The number of rotatable bonds is 8. The second-order valence-electron chi connectivity index (χ2n) is 7.65. The number of ether oxygens (including phenoxy) is 1. The summed E-state index contributed by atoms with van der Waals surface area (Å²) in [7, 11) is 0. The molecule has 0 radical (unpaired) electrons. The number of anilines is 1. The first-order valence-electron chi connectivity index (χ1n) is 10.9. The van der Waals surface area contributed by atoms with Crippen LogP contribution in [0.4, 0.5) is 10.5 Å². The Hall–Kier alpha value is -2.55. The molecular weight excluding hydrogens is 446 g/mol. The maximum absolute atomic E-state index is 11.9. The quantitative estimate of drug-likeness (QED) is 0.259. The van der Waals surface area contributed by atoms with Crippen LogP contribution in [-0.4, -0.2) is 42.3 Å². The standard InChI is InChI=1S/C23H30ClN5O2S/c24-19-8-10-20(11-9-19)26-22(30)27-28-23(32)25-12-5-15-31-21-7-4-6-18(16-21)17-29-13-2-1-3-14-29/h4,6-11,16H,1-3,5,12-15,17H2,(H2,25,28,32)(H2,26,27,30). The van der Waals surface area contributed by atoms with Gasteiger partial charge in [0.15, 0.2) is 5.11 Å². The third-order valence-electron chi connectivity index (χ3n) is 5.02. The van der Waals surface area contributed by atoms with E-state index in [4.69, 9.17) is 28.6 Å². The summed E-state index contributed by atoms with van der Waals surface area (Å²) in [5.74, 6) is 0.890. The fourth-order valence-corrected chi connectivity index (χ4v) is 3.71. The molecule has 0 atom stereocenters. The Morgan fingerprint density at radius 3 is 2.62 bits per heavy atom. The van der Waals surface area contributed by atoms with Crippen molar-refractivity contribution in [3.63, 3.8) is 0 Å². The predicted octanol–water partition coefficient (Wildman–Crippen LogP) is 4.30. The summed E-state index contributed by atoms with van der Waals surface area (Å²) in [5.41, 5.74) is 7.05. The number of amides is 2. The molecule has 0 bridgehead atoms. The molecule has 9 heteroatoms. The molecule has 2 aromatic carbocycles. The number of carbonyl (C=O) groups is 1. The first kappa shape index (κ1) is 24.1. The molecule has 1 heterocycles. The average molecular weight is 476 g/mol. The molecule has 3 rings (SSSR count). The summed E-state index contributed by atoms with van der Waals surface area (Å²) in [6, 6.07) is 14.7. The van der Waals surface area contributed by atoms with Crippen LogP contribution in [0.25, 0.3) is 0 Å². The van der Waals surface area contributed by atoms with Gasteiger partial charge in [-0.15, -0.1) is 0 Å². The predicted molar refractivity (Wildman–Crippen MR) is 133 cm³/mol. The number of piperidine rings is 1. The van der Waals surface area contributed by atoms with Crippen LogP contribution in [0, 0.1) is 0 Å². The van der Waals surface area contributed by atoms with Crippen molar-refractivity contribution in [2.45, 2.75) is 32.2 Å². The fraction of sp³-hybridized carbons (Fsp3) is 0.391. The molecule has 0 spiro atoms. The van der Waals surface area contributed by atoms with Crippen LogP contribution in [0.5, 0.6) is 5.75 Å². The van der Waals surface area contributed by atoms with Gasteiger partial charge in [-0.3, -0.25) is 10.3 Å². The lowest BCUT2D eigenvalue weighted by atomic mass is 10.1. The van der Waals surface area contributed by atoms with E-state index in [9.17, 15) is 4.79 Å². The molecule has 32 heavy (non-hydrogen) atoms. The fourth-order valence-electron chi connectivity index (χ4n) is 3.43. The summed E-state index contributed by atoms with van der Waals surface area (Å²) in [6.45, 7) is 4.55. The molecule has 2 aromatic rings. The van der Waals surface area contributed by atoms with Crippen molar-refractivity contribution in [1.29, 1.82) is 0 Å². The molecular formula is C23H30ClN5O2S. The molecule has 0 aromatic heterocycles. The zero-order valence-electron chi connectivity index (χ0n) is 18.0. The monoisotopic (exact) mass is 475 g/mol. The van der Waals surface area contributed by atoms with Crippen molar-refractivity contribution in [2.24, 2.45) is 0 Å². The highest BCUT2D eigenvalue weighted by Crippen LogP contribution is 2.17. The average Bonchev–Trinajstić information content (AvgIpc) is 2.80. The number of nitrogens with zero attached hydrogens (tertiary/aromatic N) is 1. The van der Waals surface area contributed by atoms with Crippen LogP contribution in [0.15, 0.2) is 48.5 Å². The smallest absolute Gasteiger partial charge is 0.337 e. The van der Waals surface area contributed by atoms with Crippen molar-refractivity contribution < 1.29 is 9.53 Å². The van der Waals surface area contributed by atoms with Crippen LogP contribution in [-0.2, 0) is 6.54 Å². The Morgan fingerprint density at radius 2 is 1.84 bits per heavy atom. The summed E-state index contributed by atoms with van der Waals surface area (Å²) >= 11 is 11.0. The van der Waals surface area contributed by atoms with Gasteiger partial charge in [-0.2, -0.15) is 0 Å². The van der Waals surface area contributed by atoms with Gasteiger partial charge in [0.1, 0.15) is 5.75 Å². The van der Waals surface area contributed by atoms with E-state index in [-0.39, 0.29) is 0 Å². The topological polar surface area (TPSA) is 77.7 Å². The van der Waals surface area contributed by atoms with Crippen LogP contribution < -0.4 is 26.2 Å². The van der Waals surface area contributed by atoms with E-state index in [1.165, 1.54) is 37.9 Å². The summed E-state index contributed by atoms with van der Waals surface area (Å²) in [5, 5.41) is 6.64. The highest BCUT2D eigenvalue weighted by Gasteiger charge is 2.10. The zero-order valence-corrected chi connectivity index (χ0v) is 19.6. The number of likely N-dealkylation sites (tertiary alicyclic amines) is 1. The Labute approximate surface area is 199 Å². The molecule has 2 amide bonds. The lowest BCUT2D eigenvalue weighted by Crippen LogP contribution is -2.48. The number of halogens is 1. The lowest BCUT2D eigenvalue weighted by molar-refractivity contribution is 0.220. The molecule has 1 aliphatic rings. The van der Waals surface area contributed by atoms with Crippen molar-refractivity contribution >= 4 is 40.6 Å². The SMILES string of the molecule is O=C(NNC(=S)NCCCOc1cccc(CN2CCCCC2)c1)Nc1ccc(Cl)cc1. The van der Waals surface area contributed by atoms with Gasteiger partial charge in [0.05, 0.1) is 6.61 Å². The van der Waals surface area contributed by atoms with E-state index in [0.717, 1.165) is 18.7 Å². The molecule has 0 aliphatic carbocycles. The molecule has 0 unspecified atom stereocenters. The lowest BCUT2D eigenvalue weighted by Gasteiger charge is -2.26. The Kier molecular flexibility index (Phi) is 9.87. The van der Waals surface area contributed by atoms with Gasteiger partial charge in [0, 0.05) is 23.8 Å². The van der Waals surface area contributed by atoms with E-state index in [1.807, 2.05) is 12.1 Å². The van der Waals surface area contributed by atoms with E-state index in [1.54, 1.807) is 24.3 Å². The van der Waals surface area contributed by atoms with Crippen molar-refractivity contribution in [3.8, 4) is 5.75 Å². The zero-order chi connectivity index (χ0) is 22.6. The van der Waals surface area contributed by atoms with Gasteiger partial charge >= 0.3 is 6.03 Å². The largest absolute Gasteiger partial charge is 0.494 e. The third-order valence-corrected chi connectivity index (χ3v) is 5.52. The number of thiocarbonyl (C=S) groups is 1. The first-order chi connectivity index (χ1) is 15.6. The molecule has 1 saturated heterocycles. The van der Waals surface area contributed by atoms with Crippen molar-refractivity contribution in [2.75, 3.05) is 31.6 Å². The minimum absolute atomic E-state index is 0.333. The Balaban J connectivity index is 1.26. The van der Waals surface area contributed by atoms with E-state index < -0.39 is 6.03 Å². The van der Waals surface area contributed by atoms with Crippen LogP contribution >= 0.6 is 23.8 Å². The first-order valence-corrected chi connectivity index (χ1v) is 11.7. The van der Waals surface area contributed by atoms with Gasteiger partial charge in [-0.1, -0.05) is 30.2 Å². The van der Waals surface area contributed by atoms with Gasteiger partial charge in [0.2, 0.25) is 0 Å². The second-order valence-corrected chi connectivity index (χ2v) is 8.50. The van der Waals surface area contributed by atoms with Gasteiger partial charge < -0.3 is 15.4 Å². The maximum Gasteiger partial charge on any atom is 0.337 e. The highest BCUT2D eigenvalue weighted by atomic mass is 35.5. The summed E-state index contributed by atoms with van der Waals surface area (Å²) in [6.07, 6.45) is 4.71. The molecule has 1 aliphatic heterocycles. The molecule has 172 valence electrons. The molecule has 4 N–H and O–H groups in total. The Bertz CT molecular complexity index is 875. The van der Waals surface area contributed by atoms with Crippen LogP contribution in [0.3, 0.4) is 0 Å². The van der Waals surface area contributed by atoms with Crippen LogP contribution in [0.2, 0.25) is 5.02 Å². The number of hydrogen-bond donors (Lipinski definition) is 4. The number of carbonyl (C=O) groups excluding carboxylic acids is 1. The Morgan fingerprint density at radius 1 is 1.06 bits per heavy atom. The molecule has 7 nitrogen and oxygen atoms in total.